The van der Waals surface area contributed by atoms with Crippen LogP contribution in [-0.2, 0) is 12.0 Å². The van der Waals surface area contributed by atoms with Gasteiger partial charge in [0.2, 0.25) is 0 Å². The summed E-state index contributed by atoms with van der Waals surface area (Å²) in [6.07, 6.45) is 0. The molecule has 0 spiro atoms. The normalized spacial score (nSPS) is 11.2. The van der Waals surface area contributed by atoms with Crippen molar-refractivity contribution in [3.8, 4) is 0 Å². The number of urea groups is 1. The minimum absolute atomic E-state index is 0.0543. The molecule has 0 unspecified atom stereocenters. The molecule has 0 radical (unpaired) electrons. The number of carbonyl (C=O) groups is 1. The lowest BCUT2D eigenvalue weighted by Crippen LogP contribution is -2.38. The molecule has 112 valence electrons. The van der Waals surface area contributed by atoms with Crippen molar-refractivity contribution in [1.82, 2.24) is 15.5 Å². The number of nitrogens with one attached hydrogen (secondary N) is 2. The fraction of sp³-hybridized carbons (Fsp3) is 0.562. The van der Waals surface area contributed by atoms with E-state index in [0.717, 1.165) is 13.1 Å². The van der Waals surface area contributed by atoms with E-state index in [1.54, 1.807) is 14.1 Å². The molecule has 0 aliphatic heterocycles. The number of amides is 2. The van der Waals surface area contributed by atoms with Crippen LogP contribution >= 0.6 is 0 Å². The second-order valence-electron chi connectivity index (χ2n) is 6.25. The minimum atomic E-state index is -0.0543. The van der Waals surface area contributed by atoms with Gasteiger partial charge in [0.25, 0.3) is 0 Å². The largest absolute Gasteiger partial charge is 0.337 e. The van der Waals surface area contributed by atoms with Crippen molar-refractivity contribution in [2.24, 2.45) is 0 Å². The molecule has 0 fully saturated rings. The van der Waals surface area contributed by atoms with Gasteiger partial charge in [-0.25, -0.2) is 4.79 Å². The maximum absolute atomic E-state index is 11.3. The van der Waals surface area contributed by atoms with Gasteiger partial charge < -0.3 is 15.5 Å². The summed E-state index contributed by atoms with van der Waals surface area (Å²) in [7, 11) is 3.47. The standard InChI is InChI=1S/C16H27N3O/c1-16(2,3)14-8-6-13(7-9-14)12-17-10-11-18-15(20)19(4)5/h6-9,17H,10-12H2,1-5H3,(H,18,20). The zero-order valence-electron chi connectivity index (χ0n) is 13.3. The van der Waals surface area contributed by atoms with E-state index in [9.17, 15) is 4.79 Å². The summed E-state index contributed by atoms with van der Waals surface area (Å²) in [4.78, 5) is 12.8. The Morgan fingerprint density at radius 2 is 1.70 bits per heavy atom. The first-order valence-electron chi connectivity index (χ1n) is 7.06. The Morgan fingerprint density at radius 1 is 1.10 bits per heavy atom. The third kappa shape index (κ3) is 5.61. The fourth-order valence-corrected chi connectivity index (χ4v) is 1.77. The molecule has 2 amide bonds. The van der Waals surface area contributed by atoms with Crippen LogP contribution in [0.5, 0.6) is 0 Å². The van der Waals surface area contributed by atoms with Gasteiger partial charge >= 0.3 is 6.03 Å². The molecule has 0 saturated heterocycles. The van der Waals surface area contributed by atoms with Crippen LogP contribution < -0.4 is 10.6 Å². The van der Waals surface area contributed by atoms with Gasteiger partial charge in [0.15, 0.2) is 0 Å². The van der Waals surface area contributed by atoms with Crippen molar-refractivity contribution in [2.45, 2.75) is 32.7 Å². The van der Waals surface area contributed by atoms with E-state index in [2.05, 4.69) is 55.7 Å². The van der Waals surface area contributed by atoms with E-state index in [0.29, 0.717) is 6.54 Å². The van der Waals surface area contributed by atoms with Crippen LogP contribution in [0.25, 0.3) is 0 Å². The minimum Gasteiger partial charge on any atom is -0.337 e. The van der Waals surface area contributed by atoms with Crippen molar-refractivity contribution < 1.29 is 4.79 Å². The lowest BCUT2D eigenvalue weighted by atomic mass is 9.87. The van der Waals surface area contributed by atoms with Crippen molar-refractivity contribution in [1.29, 1.82) is 0 Å². The summed E-state index contributed by atoms with van der Waals surface area (Å²) in [5.41, 5.74) is 2.80. The average Bonchev–Trinajstić information content (AvgIpc) is 2.37. The molecule has 4 heteroatoms. The van der Waals surface area contributed by atoms with Crippen molar-refractivity contribution >= 4 is 6.03 Å². The first-order valence-corrected chi connectivity index (χ1v) is 7.06. The van der Waals surface area contributed by atoms with E-state index in [4.69, 9.17) is 0 Å². The van der Waals surface area contributed by atoms with Crippen molar-refractivity contribution in [2.75, 3.05) is 27.2 Å². The van der Waals surface area contributed by atoms with Gasteiger partial charge in [-0.05, 0) is 16.5 Å². The van der Waals surface area contributed by atoms with Crippen LogP contribution in [0.4, 0.5) is 4.79 Å². The Kier molecular flexibility index (Phi) is 6.02. The van der Waals surface area contributed by atoms with E-state index in [-0.39, 0.29) is 11.4 Å². The van der Waals surface area contributed by atoms with E-state index in [1.807, 2.05) is 0 Å². The number of nitrogens with zero attached hydrogens (tertiary/aromatic N) is 1. The SMILES string of the molecule is CN(C)C(=O)NCCNCc1ccc(C(C)(C)C)cc1. The third-order valence-corrected chi connectivity index (χ3v) is 3.13. The summed E-state index contributed by atoms with van der Waals surface area (Å²) in [6.45, 7) is 8.87. The Labute approximate surface area is 122 Å². The Morgan fingerprint density at radius 3 is 2.20 bits per heavy atom. The summed E-state index contributed by atoms with van der Waals surface area (Å²) in [6, 6.07) is 8.63. The van der Waals surface area contributed by atoms with Gasteiger partial charge in [0.05, 0.1) is 0 Å². The van der Waals surface area contributed by atoms with Gasteiger partial charge in [-0.1, -0.05) is 45.0 Å². The Bertz CT molecular complexity index is 418. The molecule has 0 atom stereocenters. The summed E-state index contributed by atoms with van der Waals surface area (Å²) in [5, 5.41) is 6.14. The number of hydrogen-bond acceptors (Lipinski definition) is 2. The Hall–Kier alpha value is -1.55. The number of rotatable bonds is 5. The molecule has 0 aliphatic rings. The van der Waals surface area contributed by atoms with Crippen LogP contribution in [0.15, 0.2) is 24.3 Å². The number of benzene rings is 1. The summed E-state index contributed by atoms with van der Waals surface area (Å²) >= 11 is 0. The predicted octanol–water partition coefficient (Wildman–Crippen LogP) is 2.34. The van der Waals surface area contributed by atoms with E-state index < -0.39 is 0 Å². The zero-order valence-corrected chi connectivity index (χ0v) is 13.3. The van der Waals surface area contributed by atoms with E-state index in [1.165, 1.54) is 16.0 Å². The first-order chi connectivity index (χ1) is 9.30. The lowest BCUT2D eigenvalue weighted by molar-refractivity contribution is 0.217. The van der Waals surface area contributed by atoms with Crippen LogP contribution in [0.3, 0.4) is 0 Å². The third-order valence-electron chi connectivity index (χ3n) is 3.13. The Balaban J connectivity index is 2.28. The molecular formula is C16H27N3O. The average molecular weight is 277 g/mol. The van der Waals surface area contributed by atoms with Gasteiger partial charge in [0.1, 0.15) is 0 Å². The highest BCUT2D eigenvalue weighted by atomic mass is 16.2. The molecule has 20 heavy (non-hydrogen) atoms. The molecule has 0 aliphatic carbocycles. The van der Waals surface area contributed by atoms with Crippen molar-refractivity contribution in [3.05, 3.63) is 35.4 Å². The molecule has 0 heterocycles. The van der Waals surface area contributed by atoms with Gasteiger partial charge in [-0.2, -0.15) is 0 Å². The van der Waals surface area contributed by atoms with Gasteiger partial charge in [-0.3, -0.25) is 0 Å². The summed E-state index contributed by atoms with van der Waals surface area (Å²) < 4.78 is 0. The highest BCUT2D eigenvalue weighted by molar-refractivity contribution is 5.73. The van der Waals surface area contributed by atoms with Crippen LogP contribution in [0.1, 0.15) is 31.9 Å². The molecule has 2 N–H and O–H groups in total. The van der Waals surface area contributed by atoms with Gasteiger partial charge in [-0.15, -0.1) is 0 Å². The molecule has 0 bridgehead atoms. The molecule has 4 nitrogen and oxygen atoms in total. The predicted molar refractivity (Wildman–Crippen MR) is 83.9 cm³/mol. The summed E-state index contributed by atoms with van der Waals surface area (Å²) in [5.74, 6) is 0. The maximum Gasteiger partial charge on any atom is 0.316 e. The van der Waals surface area contributed by atoms with Crippen LogP contribution in [-0.4, -0.2) is 38.1 Å². The molecular weight excluding hydrogens is 250 g/mol. The second kappa shape index (κ2) is 7.29. The first kappa shape index (κ1) is 16.5. The molecule has 1 aromatic carbocycles. The molecule has 0 saturated carbocycles. The second-order valence-corrected chi connectivity index (χ2v) is 6.25. The van der Waals surface area contributed by atoms with Crippen LogP contribution in [0, 0.1) is 0 Å². The quantitative estimate of drug-likeness (QED) is 0.811. The highest BCUT2D eigenvalue weighted by Crippen LogP contribution is 2.21. The topological polar surface area (TPSA) is 44.4 Å². The number of hydrogen-bond donors (Lipinski definition) is 2. The smallest absolute Gasteiger partial charge is 0.316 e. The molecule has 0 aromatic heterocycles. The van der Waals surface area contributed by atoms with Gasteiger partial charge in [0, 0.05) is 33.7 Å². The lowest BCUT2D eigenvalue weighted by Gasteiger charge is -2.19. The van der Waals surface area contributed by atoms with E-state index >= 15 is 0 Å². The maximum atomic E-state index is 11.3. The van der Waals surface area contributed by atoms with Crippen molar-refractivity contribution in [3.63, 3.8) is 0 Å². The fourth-order valence-electron chi connectivity index (χ4n) is 1.77. The zero-order chi connectivity index (χ0) is 15.2. The van der Waals surface area contributed by atoms with Crippen LogP contribution in [0.2, 0.25) is 0 Å². The molecule has 1 aromatic rings. The monoisotopic (exact) mass is 277 g/mol. The number of carbonyl (C=O) groups excluding carboxylic acids is 1. The molecule has 1 rings (SSSR count). The highest BCUT2D eigenvalue weighted by Gasteiger charge is 2.12.